The van der Waals surface area contributed by atoms with E-state index in [1.54, 1.807) is 11.0 Å². The molecule has 2 unspecified atom stereocenters. The molecule has 26 heavy (non-hydrogen) atoms. The lowest BCUT2D eigenvalue weighted by Crippen LogP contribution is -2.46. The Bertz CT molecular complexity index is 727. The molecule has 148 valence electrons. The lowest BCUT2D eigenvalue weighted by molar-refractivity contribution is 0.0741. The second-order valence-electron chi connectivity index (χ2n) is 7.91. The molecule has 1 aliphatic rings. The van der Waals surface area contributed by atoms with E-state index in [9.17, 15) is 13.2 Å². The second kappa shape index (κ2) is 8.06. The van der Waals surface area contributed by atoms with Crippen molar-refractivity contribution >= 4 is 16.1 Å². The van der Waals surface area contributed by atoms with Crippen molar-refractivity contribution in [3.63, 3.8) is 0 Å². The van der Waals surface area contributed by atoms with Gasteiger partial charge >= 0.3 is 0 Å². The number of nitrogens with zero attached hydrogens (tertiary/aromatic N) is 3. The molecule has 1 N–H and O–H groups in total. The van der Waals surface area contributed by atoms with Crippen LogP contribution in [0.2, 0.25) is 0 Å². The van der Waals surface area contributed by atoms with Crippen molar-refractivity contribution in [2.24, 2.45) is 17.8 Å². The Hall–Kier alpha value is -1.45. The maximum absolute atomic E-state index is 12.8. The standard InChI is InChI=1S/C17H30N4O4S/c1-11(2)7-13-8-16(25-18-13)17(22)21-9-14(12(3)4)15(10-21)19-26(23,24)20(5)6/h8,11-12,14-15,19H,7,9-10H2,1-6H3. The molecular weight excluding hydrogens is 356 g/mol. The maximum Gasteiger partial charge on any atom is 0.292 e. The Kier molecular flexibility index (Phi) is 6.46. The molecule has 8 nitrogen and oxygen atoms in total. The van der Waals surface area contributed by atoms with E-state index in [-0.39, 0.29) is 29.5 Å². The van der Waals surface area contributed by atoms with Gasteiger partial charge in [-0.25, -0.2) is 0 Å². The lowest BCUT2D eigenvalue weighted by atomic mass is 9.92. The van der Waals surface area contributed by atoms with Gasteiger partial charge in [0.05, 0.1) is 5.69 Å². The van der Waals surface area contributed by atoms with Crippen LogP contribution in [0.15, 0.2) is 10.6 Å². The summed E-state index contributed by atoms with van der Waals surface area (Å²) in [6, 6.07) is 1.36. The molecule has 2 atom stereocenters. The number of rotatable bonds is 7. The topological polar surface area (TPSA) is 95.8 Å². The molecule has 2 heterocycles. The first-order valence-electron chi connectivity index (χ1n) is 8.96. The zero-order valence-corrected chi connectivity index (χ0v) is 17.2. The predicted molar refractivity (Wildman–Crippen MR) is 98.8 cm³/mol. The van der Waals surface area contributed by atoms with Gasteiger partial charge in [-0.2, -0.15) is 17.4 Å². The molecule has 1 aliphatic heterocycles. The summed E-state index contributed by atoms with van der Waals surface area (Å²) in [6.07, 6.45) is 0.747. The van der Waals surface area contributed by atoms with Crippen molar-refractivity contribution in [3.8, 4) is 0 Å². The zero-order chi connectivity index (χ0) is 19.6. The maximum atomic E-state index is 12.8. The summed E-state index contributed by atoms with van der Waals surface area (Å²) < 4.78 is 33.5. The normalized spacial score (nSPS) is 21.3. The van der Waals surface area contributed by atoms with Crippen LogP contribution in [0.3, 0.4) is 0 Å². The SMILES string of the molecule is CC(C)Cc1cc(C(=O)N2CC(NS(=O)(=O)N(C)C)C(C(C)C)C2)on1. The molecule has 1 saturated heterocycles. The molecule has 0 radical (unpaired) electrons. The average Bonchev–Trinajstić information content (AvgIpc) is 3.12. The van der Waals surface area contributed by atoms with E-state index in [1.165, 1.54) is 14.1 Å². The van der Waals surface area contributed by atoms with Crippen LogP contribution in [0.4, 0.5) is 0 Å². The Labute approximate surface area is 156 Å². The molecule has 0 aliphatic carbocycles. The number of hydrogen-bond acceptors (Lipinski definition) is 5. The van der Waals surface area contributed by atoms with Gasteiger partial charge in [0.15, 0.2) is 0 Å². The van der Waals surface area contributed by atoms with Gasteiger partial charge in [-0.3, -0.25) is 4.79 Å². The van der Waals surface area contributed by atoms with Crippen LogP contribution in [0, 0.1) is 17.8 Å². The summed E-state index contributed by atoms with van der Waals surface area (Å²) in [5.74, 6) is 0.648. The van der Waals surface area contributed by atoms with Crippen molar-refractivity contribution in [1.29, 1.82) is 0 Å². The number of aromatic nitrogens is 1. The highest BCUT2D eigenvalue weighted by atomic mass is 32.2. The lowest BCUT2D eigenvalue weighted by Gasteiger charge is -2.24. The number of amides is 1. The number of hydrogen-bond donors (Lipinski definition) is 1. The number of carbonyl (C=O) groups is 1. The van der Waals surface area contributed by atoms with Crippen LogP contribution in [0.5, 0.6) is 0 Å². The molecule has 0 aromatic carbocycles. The van der Waals surface area contributed by atoms with Crippen molar-refractivity contribution in [1.82, 2.24) is 19.1 Å². The minimum atomic E-state index is -3.56. The third-order valence-corrected chi connectivity index (χ3v) is 6.24. The van der Waals surface area contributed by atoms with E-state index >= 15 is 0 Å². The first-order valence-corrected chi connectivity index (χ1v) is 10.4. The van der Waals surface area contributed by atoms with Crippen LogP contribution in [0.1, 0.15) is 43.9 Å². The molecule has 1 amide bonds. The van der Waals surface area contributed by atoms with E-state index in [0.717, 1.165) is 16.4 Å². The van der Waals surface area contributed by atoms with Crippen LogP contribution < -0.4 is 4.72 Å². The quantitative estimate of drug-likeness (QED) is 0.763. The van der Waals surface area contributed by atoms with Crippen LogP contribution in [0.25, 0.3) is 0 Å². The van der Waals surface area contributed by atoms with Gasteiger partial charge in [-0.05, 0) is 24.2 Å². The summed E-state index contributed by atoms with van der Waals surface area (Å²) in [5, 5.41) is 3.96. The van der Waals surface area contributed by atoms with Gasteiger partial charge in [0.2, 0.25) is 5.76 Å². The van der Waals surface area contributed by atoms with Crippen molar-refractivity contribution in [2.45, 2.75) is 40.2 Å². The zero-order valence-electron chi connectivity index (χ0n) is 16.4. The van der Waals surface area contributed by atoms with Crippen molar-refractivity contribution < 1.29 is 17.7 Å². The van der Waals surface area contributed by atoms with Gasteiger partial charge in [-0.1, -0.05) is 32.9 Å². The summed E-state index contributed by atoms with van der Waals surface area (Å²) >= 11 is 0. The fourth-order valence-corrected chi connectivity index (χ4v) is 4.02. The van der Waals surface area contributed by atoms with Crippen molar-refractivity contribution in [2.75, 3.05) is 27.2 Å². The van der Waals surface area contributed by atoms with E-state index in [2.05, 4.69) is 23.7 Å². The summed E-state index contributed by atoms with van der Waals surface area (Å²) in [7, 11) is -0.599. The highest BCUT2D eigenvalue weighted by Gasteiger charge is 2.40. The fourth-order valence-electron chi connectivity index (χ4n) is 3.17. The Morgan fingerprint density at radius 3 is 2.54 bits per heavy atom. The fraction of sp³-hybridized carbons (Fsp3) is 0.765. The third kappa shape index (κ3) is 4.83. The van der Waals surface area contributed by atoms with Gasteiger partial charge in [-0.15, -0.1) is 0 Å². The monoisotopic (exact) mass is 386 g/mol. The van der Waals surface area contributed by atoms with Crippen molar-refractivity contribution in [3.05, 3.63) is 17.5 Å². The van der Waals surface area contributed by atoms with Gasteiger partial charge in [0.1, 0.15) is 0 Å². The van der Waals surface area contributed by atoms with Gasteiger partial charge in [0.25, 0.3) is 16.1 Å². The highest BCUT2D eigenvalue weighted by Crippen LogP contribution is 2.26. The van der Waals surface area contributed by atoms with E-state index < -0.39 is 10.2 Å². The molecule has 1 fully saturated rings. The molecule has 1 aromatic heterocycles. The smallest absolute Gasteiger partial charge is 0.292 e. The Balaban J connectivity index is 2.13. The number of nitrogens with one attached hydrogen (secondary N) is 1. The Morgan fingerprint density at radius 1 is 1.35 bits per heavy atom. The first-order chi connectivity index (χ1) is 12.0. The summed E-state index contributed by atoms with van der Waals surface area (Å²) in [6.45, 7) is 9.01. The van der Waals surface area contributed by atoms with Crippen LogP contribution >= 0.6 is 0 Å². The molecule has 2 rings (SSSR count). The van der Waals surface area contributed by atoms with E-state index in [1.807, 2.05) is 13.8 Å². The number of likely N-dealkylation sites (tertiary alicyclic amines) is 1. The molecule has 0 spiro atoms. The Morgan fingerprint density at radius 2 is 2.00 bits per heavy atom. The van der Waals surface area contributed by atoms with Crippen LogP contribution in [-0.4, -0.2) is 61.9 Å². The van der Waals surface area contributed by atoms with Crippen LogP contribution in [-0.2, 0) is 16.6 Å². The minimum Gasteiger partial charge on any atom is -0.351 e. The van der Waals surface area contributed by atoms with E-state index in [4.69, 9.17) is 4.52 Å². The summed E-state index contributed by atoms with van der Waals surface area (Å²) in [5.41, 5.74) is 0.757. The molecule has 1 aromatic rings. The molecule has 0 bridgehead atoms. The predicted octanol–water partition coefficient (Wildman–Crippen LogP) is 1.37. The minimum absolute atomic E-state index is 0.0340. The molecule has 0 saturated carbocycles. The van der Waals surface area contributed by atoms with E-state index in [0.29, 0.717) is 19.0 Å². The number of carbonyl (C=O) groups excluding carboxylic acids is 1. The second-order valence-corrected chi connectivity index (χ2v) is 9.83. The largest absolute Gasteiger partial charge is 0.351 e. The highest BCUT2D eigenvalue weighted by molar-refractivity contribution is 7.87. The molecular formula is C17H30N4O4S. The average molecular weight is 387 g/mol. The van der Waals surface area contributed by atoms with Gasteiger partial charge < -0.3 is 9.42 Å². The summed E-state index contributed by atoms with van der Waals surface area (Å²) in [4.78, 5) is 14.4. The first kappa shape index (κ1) is 20.9. The molecule has 9 heteroatoms. The third-order valence-electron chi connectivity index (χ3n) is 4.68. The van der Waals surface area contributed by atoms with Gasteiger partial charge in [0, 0.05) is 39.3 Å².